The number of rotatable bonds is 5. The minimum absolute atomic E-state index is 0.193. The zero-order chi connectivity index (χ0) is 28.3. The van der Waals surface area contributed by atoms with E-state index < -0.39 is 23.4 Å². The van der Waals surface area contributed by atoms with Gasteiger partial charge < -0.3 is 9.64 Å². The summed E-state index contributed by atoms with van der Waals surface area (Å²) < 4.78 is 6.08. The summed E-state index contributed by atoms with van der Waals surface area (Å²) >= 11 is 6.19. The number of carbonyl (C=O) groups is 3. The highest BCUT2D eigenvalue weighted by molar-refractivity contribution is 6.32. The first-order valence-electron chi connectivity index (χ1n) is 13.7. The predicted octanol–water partition coefficient (Wildman–Crippen LogP) is 7.06. The lowest BCUT2D eigenvalue weighted by molar-refractivity contribution is 0.0664. The number of anilines is 1. The number of ketones is 3. The molecule has 0 aromatic heterocycles. The van der Waals surface area contributed by atoms with Gasteiger partial charge in [0.15, 0.2) is 17.3 Å². The Kier molecular flexibility index (Phi) is 5.95. The number of nitrogens with zero attached hydrogens (tertiary/aromatic N) is 1. The smallest absolute Gasteiger partial charge is 0.185 e. The van der Waals surface area contributed by atoms with E-state index in [2.05, 4.69) is 0 Å². The molecule has 2 heterocycles. The second kappa shape index (κ2) is 9.57. The number of fused-ring (bicyclic) bond motifs is 5. The first kappa shape index (κ1) is 25.5. The van der Waals surface area contributed by atoms with E-state index in [4.69, 9.17) is 16.3 Å². The average Bonchev–Trinajstić information content (AvgIpc) is 3.44. The van der Waals surface area contributed by atoms with Gasteiger partial charge in [0.25, 0.3) is 0 Å². The van der Waals surface area contributed by atoms with E-state index in [1.165, 1.54) is 0 Å². The van der Waals surface area contributed by atoms with Crippen LogP contribution in [0.5, 0.6) is 5.75 Å². The fraction of sp³-hybridized carbons (Fsp3) is 0.171. The van der Waals surface area contributed by atoms with Crippen LogP contribution in [0, 0.1) is 5.41 Å². The Morgan fingerprint density at radius 1 is 0.854 bits per heavy atom. The maximum absolute atomic E-state index is 14.7. The Bertz CT molecular complexity index is 1720. The van der Waals surface area contributed by atoms with Crippen LogP contribution in [-0.4, -0.2) is 36.0 Å². The Labute approximate surface area is 243 Å². The molecular formula is C35H26ClNO4. The second-order valence-corrected chi connectivity index (χ2v) is 11.0. The van der Waals surface area contributed by atoms with Crippen molar-refractivity contribution in [2.24, 2.45) is 5.41 Å². The molecule has 7 rings (SSSR count). The fourth-order valence-corrected chi connectivity index (χ4v) is 7.20. The van der Waals surface area contributed by atoms with Crippen molar-refractivity contribution in [2.45, 2.75) is 24.9 Å². The van der Waals surface area contributed by atoms with E-state index in [1.807, 2.05) is 72.5 Å². The molecule has 5 nitrogen and oxygen atoms in total. The number of ether oxygens (including phenoxy) is 1. The molecule has 1 saturated heterocycles. The SMILES string of the molecule is CCOc1ccccc1[C@@H]1[C@H](C(=O)c2ccc(Cl)cc2)N2c3ccccc3C=C[C@H]2C12C(=O)c1ccccc1C2=O. The first-order valence-corrected chi connectivity index (χ1v) is 14.1. The highest BCUT2D eigenvalue weighted by Crippen LogP contribution is 2.61. The van der Waals surface area contributed by atoms with Gasteiger partial charge in [0.2, 0.25) is 0 Å². The van der Waals surface area contributed by atoms with Gasteiger partial charge in [-0.3, -0.25) is 14.4 Å². The molecular weight excluding hydrogens is 534 g/mol. The number of hydrogen-bond acceptors (Lipinski definition) is 5. The normalized spacial score (nSPS) is 21.5. The molecule has 0 bridgehead atoms. The molecule has 1 fully saturated rings. The Morgan fingerprint density at radius 2 is 1.49 bits per heavy atom. The molecule has 6 heteroatoms. The standard InChI is InChI=1S/C35H26ClNO4/c1-2-41-28-14-8-6-12-26(28)30-31(32(38)22-15-18-23(36)19-16-22)37-27-13-7-3-9-21(27)17-20-29(37)35(30)33(39)24-10-4-5-11-25(24)34(35)40/h3-20,29-31H,2H2,1H3/t29-,30+,31+/m0/s1. The number of carbonyl (C=O) groups excluding carboxylic acids is 3. The summed E-state index contributed by atoms with van der Waals surface area (Å²) in [7, 11) is 0. The van der Waals surface area contributed by atoms with Crippen molar-refractivity contribution in [1.29, 1.82) is 0 Å². The molecule has 3 aliphatic rings. The molecule has 0 saturated carbocycles. The second-order valence-electron chi connectivity index (χ2n) is 10.6. The topological polar surface area (TPSA) is 63.7 Å². The summed E-state index contributed by atoms with van der Waals surface area (Å²) in [4.78, 5) is 46.2. The van der Waals surface area contributed by atoms with Gasteiger partial charge in [0.1, 0.15) is 17.2 Å². The Balaban J connectivity index is 1.56. The summed E-state index contributed by atoms with van der Waals surface area (Å²) in [6, 6.07) is 27.5. The number of para-hydroxylation sites is 2. The third-order valence-electron chi connectivity index (χ3n) is 8.66. The van der Waals surface area contributed by atoms with Crippen molar-refractivity contribution in [3.05, 3.63) is 136 Å². The zero-order valence-corrected chi connectivity index (χ0v) is 23.0. The van der Waals surface area contributed by atoms with Gasteiger partial charge >= 0.3 is 0 Å². The zero-order valence-electron chi connectivity index (χ0n) is 22.3. The molecule has 1 spiro atoms. The summed E-state index contributed by atoms with van der Waals surface area (Å²) in [5.74, 6) is -0.996. The van der Waals surface area contributed by atoms with Gasteiger partial charge in [-0.15, -0.1) is 0 Å². The van der Waals surface area contributed by atoms with E-state index >= 15 is 0 Å². The van der Waals surface area contributed by atoms with Crippen molar-refractivity contribution in [3.63, 3.8) is 0 Å². The molecule has 0 N–H and O–H groups in total. The maximum Gasteiger partial charge on any atom is 0.185 e. The van der Waals surface area contributed by atoms with E-state index in [0.29, 0.717) is 39.6 Å². The van der Waals surface area contributed by atoms with Crippen molar-refractivity contribution >= 4 is 40.7 Å². The third-order valence-corrected chi connectivity index (χ3v) is 8.92. The lowest BCUT2D eigenvalue weighted by atomic mass is 9.64. The number of benzene rings is 4. The van der Waals surface area contributed by atoms with E-state index in [1.54, 1.807) is 48.5 Å². The van der Waals surface area contributed by atoms with Gasteiger partial charge in [-0.2, -0.15) is 0 Å². The van der Waals surface area contributed by atoms with Crippen LogP contribution in [0.25, 0.3) is 6.08 Å². The van der Waals surface area contributed by atoms with Crippen LogP contribution in [0.3, 0.4) is 0 Å². The summed E-state index contributed by atoms with van der Waals surface area (Å²) in [6.07, 6.45) is 3.89. The summed E-state index contributed by atoms with van der Waals surface area (Å²) in [6.45, 7) is 2.28. The Morgan fingerprint density at radius 3 is 2.20 bits per heavy atom. The molecule has 1 aliphatic carbocycles. The largest absolute Gasteiger partial charge is 0.494 e. The lowest BCUT2D eigenvalue weighted by Crippen LogP contribution is -2.48. The maximum atomic E-state index is 14.7. The minimum Gasteiger partial charge on any atom is -0.494 e. The van der Waals surface area contributed by atoms with Crippen molar-refractivity contribution < 1.29 is 19.1 Å². The Hall–Kier alpha value is -4.48. The minimum atomic E-state index is -1.58. The van der Waals surface area contributed by atoms with Crippen LogP contribution in [0.15, 0.2) is 103 Å². The number of Topliss-reactive ketones (excluding diaryl/α,β-unsaturated/α-hetero) is 3. The molecule has 4 aromatic rings. The van der Waals surface area contributed by atoms with Crippen LogP contribution in [0.2, 0.25) is 5.02 Å². The van der Waals surface area contributed by atoms with Gasteiger partial charge in [-0.1, -0.05) is 84.4 Å². The van der Waals surface area contributed by atoms with Crippen LogP contribution in [-0.2, 0) is 0 Å². The molecule has 3 atom stereocenters. The number of hydrogen-bond donors (Lipinski definition) is 0. The van der Waals surface area contributed by atoms with Gasteiger partial charge in [-0.25, -0.2) is 0 Å². The molecule has 0 radical (unpaired) electrons. The van der Waals surface area contributed by atoms with Crippen LogP contribution in [0.4, 0.5) is 5.69 Å². The van der Waals surface area contributed by atoms with Crippen LogP contribution in [0.1, 0.15) is 55.0 Å². The molecule has 4 aromatic carbocycles. The van der Waals surface area contributed by atoms with Gasteiger partial charge in [-0.05, 0) is 48.9 Å². The quantitative estimate of drug-likeness (QED) is 0.193. The van der Waals surface area contributed by atoms with Crippen LogP contribution < -0.4 is 9.64 Å². The van der Waals surface area contributed by atoms with Gasteiger partial charge in [0.05, 0.1) is 12.6 Å². The van der Waals surface area contributed by atoms with E-state index in [0.717, 1.165) is 11.3 Å². The molecule has 41 heavy (non-hydrogen) atoms. The molecule has 2 aliphatic heterocycles. The van der Waals surface area contributed by atoms with Crippen molar-refractivity contribution in [1.82, 2.24) is 0 Å². The molecule has 0 unspecified atom stereocenters. The monoisotopic (exact) mass is 559 g/mol. The van der Waals surface area contributed by atoms with Crippen molar-refractivity contribution in [3.8, 4) is 5.75 Å². The fourth-order valence-electron chi connectivity index (χ4n) is 7.07. The van der Waals surface area contributed by atoms with E-state index in [-0.39, 0.29) is 17.3 Å². The lowest BCUT2D eigenvalue weighted by Gasteiger charge is -2.37. The average molecular weight is 560 g/mol. The summed E-state index contributed by atoms with van der Waals surface area (Å²) in [5.41, 5.74) is 2.05. The third kappa shape index (κ3) is 3.52. The predicted molar refractivity (Wildman–Crippen MR) is 159 cm³/mol. The number of halogens is 1. The van der Waals surface area contributed by atoms with Gasteiger partial charge in [0, 0.05) is 38.9 Å². The molecule has 202 valence electrons. The highest BCUT2D eigenvalue weighted by atomic mass is 35.5. The van der Waals surface area contributed by atoms with E-state index in [9.17, 15) is 14.4 Å². The van der Waals surface area contributed by atoms with Crippen molar-refractivity contribution in [2.75, 3.05) is 11.5 Å². The molecule has 0 amide bonds. The van der Waals surface area contributed by atoms with Crippen LogP contribution >= 0.6 is 11.6 Å². The summed E-state index contributed by atoms with van der Waals surface area (Å²) in [5, 5.41) is 0.517. The highest BCUT2D eigenvalue weighted by Gasteiger charge is 2.71. The first-order chi connectivity index (χ1) is 20.0.